The molecule has 2 aromatic heterocycles. The van der Waals surface area contributed by atoms with Gasteiger partial charge in [0, 0.05) is 39.8 Å². The second-order valence-corrected chi connectivity index (χ2v) is 6.93. The normalized spacial score (nSPS) is 15.4. The number of nitrogens with zero attached hydrogens (tertiary/aromatic N) is 6. The molecule has 8 nitrogen and oxygen atoms in total. The fourth-order valence-corrected chi connectivity index (χ4v) is 3.38. The zero-order valence-electron chi connectivity index (χ0n) is 15.2. The van der Waals surface area contributed by atoms with E-state index in [0.717, 1.165) is 49.5 Å². The average Bonchev–Trinajstić information content (AvgIpc) is 3.05. The molecule has 1 aliphatic heterocycles. The maximum atomic E-state index is 6.11. The second-order valence-electron chi connectivity index (χ2n) is 6.52. The van der Waals surface area contributed by atoms with Crippen molar-refractivity contribution in [2.45, 2.75) is 0 Å². The zero-order chi connectivity index (χ0) is 18.8. The average molecular weight is 388 g/mol. The van der Waals surface area contributed by atoms with Gasteiger partial charge in [-0.05, 0) is 12.1 Å². The van der Waals surface area contributed by atoms with Crippen molar-refractivity contribution in [3.05, 3.63) is 35.5 Å². The highest BCUT2D eigenvalue weighted by Crippen LogP contribution is 2.23. The lowest BCUT2D eigenvalue weighted by atomic mass is 10.3. The Labute approximate surface area is 162 Å². The third kappa shape index (κ3) is 3.77. The van der Waals surface area contributed by atoms with E-state index in [1.807, 2.05) is 31.3 Å². The summed E-state index contributed by atoms with van der Waals surface area (Å²) in [6.07, 6.45) is 1.70. The van der Waals surface area contributed by atoms with Crippen LogP contribution in [0.15, 0.2) is 30.5 Å². The molecular formula is C18H22ClN7O. The largest absolute Gasteiger partial charge is 0.491 e. The fourth-order valence-electron chi connectivity index (χ4n) is 3.19. The smallest absolute Gasteiger partial charge is 0.229 e. The lowest BCUT2D eigenvalue weighted by molar-refractivity contribution is 0.200. The molecule has 0 aliphatic carbocycles. The number of hydrogen-bond acceptors (Lipinski definition) is 7. The minimum absolute atomic E-state index is 0.471. The van der Waals surface area contributed by atoms with Crippen LogP contribution in [0.5, 0.6) is 5.75 Å². The van der Waals surface area contributed by atoms with Gasteiger partial charge in [0.15, 0.2) is 5.65 Å². The predicted octanol–water partition coefficient (Wildman–Crippen LogP) is 1.80. The Balaban J connectivity index is 1.32. The molecule has 0 unspecified atom stereocenters. The fraction of sp³-hybridized carbons (Fsp3) is 0.389. The third-order valence-electron chi connectivity index (χ3n) is 4.77. The molecule has 0 bridgehead atoms. The van der Waals surface area contributed by atoms with Crippen LogP contribution >= 0.6 is 11.6 Å². The summed E-state index contributed by atoms with van der Waals surface area (Å²) in [4.78, 5) is 13.6. The van der Waals surface area contributed by atoms with Crippen LogP contribution in [-0.2, 0) is 7.05 Å². The van der Waals surface area contributed by atoms with Crippen molar-refractivity contribution in [1.29, 1.82) is 0 Å². The summed E-state index contributed by atoms with van der Waals surface area (Å²) in [5, 5.41) is 5.63. The number of rotatable bonds is 5. The molecule has 0 amide bonds. The summed E-state index contributed by atoms with van der Waals surface area (Å²) in [7, 11) is 1.86. The van der Waals surface area contributed by atoms with Gasteiger partial charge >= 0.3 is 0 Å². The Bertz CT molecular complexity index is 937. The van der Waals surface area contributed by atoms with Gasteiger partial charge in [0.25, 0.3) is 0 Å². The molecule has 2 N–H and O–H groups in total. The maximum Gasteiger partial charge on any atom is 0.229 e. The zero-order valence-corrected chi connectivity index (χ0v) is 15.9. The van der Waals surface area contributed by atoms with Gasteiger partial charge in [-0.2, -0.15) is 15.1 Å². The first-order valence-electron chi connectivity index (χ1n) is 8.91. The standard InChI is InChI=1S/C18H22ClN7O/c1-24-17-13(12-21-24)16(20)22-18(23-17)26-8-6-25(7-9-26)10-11-27-15-5-3-2-4-14(15)19/h2-5,12H,6-11H2,1H3,(H2,20,22,23). The van der Waals surface area contributed by atoms with Gasteiger partial charge < -0.3 is 15.4 Å². The van der Waals surface area contributed by atoms with Crippen LogP contribution in [-0.4, -0.2) is 64.0 Å². The Kier molecular flexibility index (Phi) is 5.00. The number of aryl methyl sites for hydroxylation is 1. The summed E-state index contributed by atoms with van der Waals surface area (Å²) >= 11 is 6.11. The van der Waals surface area contributed by atoms with E-state index < -0.39 is 0 Å². The number of nitrogens with two attached hydrogens (primary N) is 1. The minimum Gasteiger partial charge on any atom is -0.491 e. The van der Waals surface area contributed by atoms with E-state index in [1.165, 1.54) is 0 Å². The number of fused-ring (bicyclic) bond motifs is 1. The van der Waals surface area contributed by atoms with Crippen molar-refractivity contribution in [3.63, 3.8) is 0 Å². The van der Waals surface area contributed by atoms with Crippen molar-refractivity contribution in [1.82, 2.24) is 24.6 Å². The summed E-state index contributed by atoms with van der Waals surface area (Å²) in [6.45, 7) is 4.97. The van der Waals surface area contributed by atoms with E-state index in [0.29, 0.717) is 23.4 Å². The van der Waals surface area contributed by atoms with Gasteiger partial charge in [-0.1, -0.05) is 23.7 Å². The SMILES string of the molecule is Cn1ncc2c(N)nc(N3CCN(CCOc4ccccc4Cl)CC3)nc21. The van der Waals surface area contributed by atoms with Crippen LogP contribution in [0.2, 0.25) is 5.02 Å². The Morgan fingerprint density at radius 3 is 2.70 bits per heavy atom. The first-order valence-corrected chi connectivity index (χ1v) is 9.29. The van der Waals surface area contributed by atoms with E-state index in [4.69, 9.17) is 22.1 Å². The number of piperazine rings is 1. The quantitative estimate of drug-likeness (QED) is 0.714. The molecular weight excluding hydrogens is 366 g/mol. The first-order chi connectivity index (χ1) is 13.1. The number of ether oxygens (including phenoxy) is 1. The highest BCUT2D eigenvalue weighted by Gasteiger charge is 2.20. The van der Waals surface area contributed by atoms with Gasteiger partial charge in [-0.3, -0.25) is 9.58 Å². The van der Waals surface area contributed by atoms with Gasteiger partial charge in [0.05, 0.1) is 16.6 Å². The third-order valence-corrected chi connectivity index (χ3v) is 5.08. The van der Waals surface area contributed by atoms with E-state index in [2.05, 4.69) is 24.9 Å². The lowest BCUT2D eigenvalue weighted by Crippen LogP contribution is -2.48. The number of hydrogen-bond donors (Lipinski definition) is 1. The lowest BCUT2D eigenvalue weighted by Gasteiger charge is -2.34. The van der Waals surface area contributed by atoms with Crippen molar-refractivity contribution < 1.29 is 4.74 Å². The molecule has 4 rings (SSSR count). The molecule has 0 saturated carbocycles. The van der Waals surface area contributed by atoms with Crippen LogP contribution in [0.4, 0.5) is 11.8 Å². The molecule has 3 heterocycles. The van der Waals surface area contributed by atoms with Crippen LogP contribution in [0.25, 0.3) is 11.0 Å². The van der Waals surface area contributed by atoms with Gasteiger partial charge in [0.2, 0.25) is 5.95 Å². The molecule has 1 aromatic carbocycles. The number of benzene rings is 1. The van der Waals surface area contributed by atoms with E-state index in [-0.39, 0.29) is 0 Å². The molecule has 27 heavy (non-hydrogen) atoms. The number of nitrogen functional groups attached to an aromatic ring is 1. The number of para-hydroxylation sites is 1. The van der Waals surface area contributed by atoms with Crippen molar-refractivity contribution in [2.24, 2.45) is 7.05 Å². The van der Waals surface area contributed by atoms with Crippen LogP contribution in [0, 0.1) is 0 Å². The van der Waals surface area contributed by atoms with Crippen molar-refractivity contribution >= 4 is 34.4 Å². The Hall–Kier alpha value is -2.58. The monoisotopic (exact) mass is 387 g/mol. The molecule has 1 aliphatic rings. The predicted molar refractivity (Wildman–Crippen MR) is 106 cm³/mol. The first kappa shape index (κ1) is 17.8. The molecule has 9 heteroatoms. The summed E-state index contributed by atoms with van der Waals surface area (Å²) in [5.74, 6) is 1.86. The second kappa shape index (κ2) is 7.58. The highest BCUT2D eigenvalue weighted by atomic mass is 35.5. The number of anilines is 2. The van der Waals surface area contributed by atoms with Gasteiger partial charge in [0.1, 0.15) is 18.2 Å². The summed E-state index contributed by atoms with van der Waals surface area (Å²) in [5.41, 5.74) is 6.83. The van der Waals surface area contributed by atoms with Crippen molar-refractivity contribution in [3.8, 4) is 5.75 Å². The number of aromatic nitrogens is 4. The minimum atomic E-state index is 0.471. The van der Waals surface area contributed by atoms with Crippen LogP contribution < -0.4 is 15.4 Å². The van der Waals surface area contributed by atoms with Gasteiger partial charge in [-0.25, -0.2) is 0 Å². The highest BCUT2D eigenvalue weighted by molar-refractivity contribution is 6.32. The molecule has 0 atom stereocenters. The van der Waals surface area contributed by atoms with Crippen LogP contribution in [0.3, 0.4) is 0 Å². The Morgan fingerprint density at radius 2 is 1.93 bits per heavy atom. The van der Waals surface area contributed by atoms with E-state index >= 15 is 0 Å². The van der Waals surface area contributed by atoms with Crippen molar-refractivity contribution in [2.75, 3.05) is 50.0 Å². The molecule has 0 radical (unpaired) electrons. The number of halogens is 1. The molecule has 1 fully saturated rings. The molecule has 3 aromatic rings. The summed E-state index contributed by atoms with van der Waals surface area (Å²) in [6, 6.07) is 7.54. The topological polar surface area (TPSA) is 85.3 Å². The van der Waals surface area contributed by atoms with Crippen LogP contribution in [0.1, 0.15) is 0 Å². The van der Waals surface area contributed by atoms with Gasteiger partial charge in [-0.15, -0.1) is 0 Å². The maximum absolute atomic E-state index is 6.11. The Morgan fingerprint density at radius 1 is 1.15 bits per heavy atom. The molecule has 1 saturated heterocycles. The molecule has 0 spiro atoms. The molecule has 142 valence electrons. The summed E-state index contributed by atoms with van der Waals surface area (Å²) < 4.78 is 7.50. The van der Waals surface area contributed by atoms with E-state index in [9.17, 15) is 0 Å². The van der Waals surface area contributed by atoms with E-state index in [1.54, 1.807) is 10.9 Å².